The normalized spacial score (nSPS) is 11.5. The van der Waals surface area contributed by atoms with E-state index >= 15 is 0 Å². The molecule has 0 fully saturated rings. The predicted molar refractivity (Wildman–Crippen MR) is 125 cm³/mol. The van der Waals surface area contributed by atoms with E-state index in [9.17, 15) is 13.2 Å². The van der Waals surface area contributed by atoms with Gasteiger partial charge in [0.1, 0.15) is 4.21 Å². The van der Waals surface area contributed by atoms with E-state index in [0.29, 0.717) is 12.2 Å². The largest absolute Gasteiger partial charge is 0.358 e. The van der Waals surface area contributed by atoms with Crippen molar-refractivity contribution in [2.45, 2.75) is 31.0 Å². The van der Waals surface area contributed by atoms with E-state index in [4.69, 9.17) is 0 Å². The summed E-state index contributed by atoms with van der Waals surface area (Å²) in [6.45, 7) is 4.59. The molecule has 3 N–H and O–H groups in total. The minimum absolute atomic E-state index is 0.0889. The summed E-state index contributed by atoms with van der Waals surface area (Å²) in [6, 6.07) is 16.2. The van der Waals surface area contributed by atoms with Crippen LogP contribution >= 0.6 is 11.3 Å². The Bertz CT molecular complexity index is 1320. The van der Waals surface area contributed by atoms with Crippen molar-refractivity contribution in [2.75, 3.05) is 4.72 Å². The lowest BCUT2D eigenvalue weighted by Gasteiger charge is -2.08. The highest BCUT2D eigenvalue weighted by Gasteiger charge is 2.15. The number of nitrogens with one attached hydrogen (secondary N) is 3. The zero-order chi connectivity index (χ0) is 22.0. The number of carbonyl (C=O) groups is 1. The van der Waals surface area contributed by atoms with Gasteiger partial charge < -0.3 is 10.3 Å². The fraction of sp³-hybridized carbons (Fsp3) is 0.174. The van der Waals surface area contributed by atoms with Crippen molar-refractivity contribution in [1.29, 1.82) is 0 Å². The Morgan fingerprint density at radius 2 is 1.77 bits per heavy atom. The summed E-state index contributed by atoms with van der Waals surface area (Å²) < 4.78 is 27.4. The molecule has 2 heterocycles. The van der Waals surface area contributed by atoms with Crippen molar-refractivity contribution >= 4 is 43.9 Å². The zero-order valence-corrected chi connectivity index (χ0v) is 18.9. The highest BCUT2D eigenvalue weighted by molar-refractivity contribution is 7.94. The van der Waals surface area contributed by atoms with Crippen molar-refractivity contribution in [3.05, 3.63) is 82.4 Å². The van der Waals surface area contributed by atoms with E-state index in [1.807, 2.05) is 12.1 Å². The summed E-state index contributed by atoms with van der Waals surface area (Å²) in [5, 5.41) is 5.84. The molecule has 0 radical (unpaired) electrons. The Balaban J connectivity index is 1.34. The van der Waals surface area contributed by atoms with E-state index in [1.54, 1.807) is 41.8 Å². The van der Waals surface area contributed by atoms with Crippen LogP contribution in [0.25, 0.3) is 10.9 Å². The van der Waals surface area contributed by atoms with Gasteiger partial charge in [-0.1, -0.05) is 24.3 Å². The SMILES string of the molecule is Cc1[nH]c2ccc(CNC(=O)Cc3ccc(NS(=O)(=O)c4cccs4)cc3)cc2c1C. The van der Waals surface area contributed by atoms with Crippen LogP contribution in [0.1, 0.15) is 22.4 Å². The zero-order valence-electron chi connectivity index (χ0n) is 17.2. The number of hydrogen-bond acceptors (Lipinski definition) is 4. The average Bonchev–Trinajstić information content (AvgIpc) is 3.38. The maximum Gasteiger partial charge on any atom is 0.271 e. The summed E-state index contributed by atoms with van der Waals surface area (Å²) in [5.41, 5.74) is 5.78. The van der Waals surface area contributed by atoms with Crippen LogP contribution in [0.5, 0.6) is 0 Å². The fourth-order valence-electron chi connectivity index (χ4n) is 3.38. The first-order chi connectivity index (χ1) is 14.8. The lowest BCUT2D eigenvalue weighted by molar-refractivity contribution is -0.120. The molecule has 0 bridgehead atoms. The minimum atomic E-state index is -3.58. The first-order valence-electron chi connectivity index (χ1n) is 9.81. The first kappa shape index (κ1) is 21.1. The molecule has 2 aromatic carbocycles. The van der Waals surface area contributed by atoms with Crippen LogP contribution < -0.4 is 10.0 Å². The number of hydrogen-bond donors (Lipinski definition) is 3. The van der Waals surface area contributed by atoms with Crippen LogP contribution in [-0.4, -0.2) is 19.3 Å². The van der Waals surface area contributed by atoms with Gasteiger partial charge in [-0.3, -0.25) is 9.52 Å². The number of aromatic nitrogens is 1. The molecule has 0 atom stereocenters. The standard InChI is InChI=1S/C23H23N3O3S2/c1-15-16(2)25-21-10-7-18(12-20(15)21)14-24-22(27)13-17-5-8-19(9-6-17)26-31(28,29)23-4-3-11-30-23/h3-12,25-26H,13-14H2,1-2H3,(H,24,27). The van der Waals surface area contributed by atoms with Gasteiger partial charge in [0.15, 0.2) is 0 Å². The van der Waals surface area contributed by atoms with Crippen LogP contribution in [0.4, 0.5) is 5.69 Å². The van der Waals surface area contributed by atoms with Crippen molar-refractivity contribution in [3.8, 4) is 0 Å². The number of benzene rings is 2. The number of fused-ring (bicyclic) bond motifs is 1. The molecule has 0 aliphatic heterocycles. The molecule has 0 unspecified atom stereocenters. The Hall–Kier alpha value is -3.10. The van der Waals surface area contributed by atoms with Crippen LogP contribution in [0.15, 0.2) is 64.2 Å². The number of aryl methyl sites for hydroxylation is 2. The number of amides is 1. The van der Waals surface area contributed by atoms with Crippen LogP contribution in [-0.2, 0) is 27.8 Å². The first-order valence-corrected chi connectivity index (χ1v) is 12.2. The van der Waals surface area contributed by atoms with Gasteiger partial charge in [-0.05, 0) is 66.2 Å². The molecule has 8 heteroatoms. The Morgan fingerprint density at radius 3 is 2.48 bits per heavy atom. The highest BCUT2D eigenvalue weighted by Crippen LogP contribution is 2.23. The number of carbonyl (C=O) groups excluding carboxylic acids is 1. The fourth-order valence-corrected chi connectivity index (χ4v) is 5.43. The van der Waals surface area contributed by atoms with Gasteiger partial charge in [0.05, 0.1) is 6.42 Å². The molecule has 0 saturated carbocycles. The number of rotatable bonds is 7. The summed E-state index contributed by atoms with van der Waals surface area (Å²) in [4.78, 5) is 15.7. The van der Waals surface area contributed by atoms with E-state index in [2.05, 4.69) is 34.9 Å². The van der Waals surface area contributed by atoms with Crippen molar-refractivity contribution in [3.63, 3.8) is 0 Å². The highest BCUT2D eigenvalue weighted by atomic mass is 32.2. The van der Waals surface area contributed by atoms with Crippen LogP contribution in [0, 0.1) is 13.8 Å². The number of thiophene rings is 1. The van der Waals surface area contributed by atoms with Crippen molar-refractivity contribution in [2.24, 2.45) is 0 Å². The average molecular weight is 454 g/mol. The molecule has 2 aromatic heterocycles. The molecule has 0 saturated heterocycles. The van der Waals surface area contributed by atoms with Gasteiger partial charge in [0.25, 0.3) is 10.0 Å². The van der Waals surface area contributed by atoms with Crippen molar-refractivity contribution in [1.82, 2.24) is 10.3 Å². The third kappa shape index (κ3) is 4.81. The third-order valence-electron chi connectivity index (χ3n) is 5.19. The van der Waals surface area contributed by atoms with Gasteiger partial charge >= 0.3 is 0 Å². The van der Waals surface area contributed by atoms with Gasteiger partial charge in [-0.2, -0.15) is 0 Å². The quantitative estimate of drug-likeness (QED) is 0.385. The molecular weight excluding hydrogens is 430 g/mol. The molecule has 31 heavy (non-hydrogen) atoms. The second kappa shape index (κ2) is 8.56. The van der Waals surface area contributed by atoms with Crippen molar-refractivity contribution < 1.29 is 13.2 Å². The van der Waals surface area contributed by atoms with E-state index in [1.165, 1.54) is 10.9 Å². The monoisotopic (exact) mass is 453 g/mol. The maximum atomic E-state index is 12.4. The molecule has 0 spiro atoms. The molecule has 160 valence electrons. The van der Waals surface area contributed by atoms with E-state index in [-0.39, 0.29) is 16.5 Å². The number of anilines is 1. The second-order valence-corrected chi connectivity index (χ2v) is 10.3. The van der Waals surface area contributed by atoms with Gasteiger partial charge in [-0.25, -0.2) is 8.42 Å². The maximum absolute atomic E-state index is 12.4. The molecule has 1 amide bonds. The predicted octanol–water partition coefficient (Wildman–Crippen LogP) is 4.51. The summed E-state index contributed by atoms with van der Waals surface area (Å²) in [5.74, 6) is -0.0889. The second-order valence-electron chi connectivity index (χ2n) is 7.44. The Labute approximate surface area is 185 Å². The molecule has 0 aliphatic carbocycles. The van der Waals surface area contributed by atoms with Crippen LogP contribution in [0.2, 0.25) is 0 Å². The Kier molecular flexibility index (Phi) is 5.84. The summed E-state index contributed by atoms with van der Waals surface area (Å²) >= 11 is 1.16. The lowest BCUT2D eigenvalue weighted by Crippen LogP contribution is -2.24. The molecule has 6 nitrogen and oxygen atoms in total. The van der Waals surface area contributed by atoms with Gasteiger partial charge in [0.2, 0.25) is 5.91 Å². The lowest BCUT2D eigenvalue weighted by atomic mass is 10.1. The van der Waals surface area contributed by atoms with Crippen LogP contribution in [0.3, 0.4) is 0 Å². The molecule has 4 rings (SSSR count). The molecule has 0 aliphatic rings. The van der Waals surface area contributed by atoms with E-state index < -0.39 is 10.0 Å². The summed E-state index contributed by atoms with van der Waals surface area (Å²) in [7, 11) is -3.58. The van der Waals surface area contributed by atoms with Gasteiger partial charge in [-0.15, -0.1) is 11.3 Å². The number of H-pyrrole nitrogens is 1. The van der Waals surface area contributed by atoms with Gasteiger partial charge in [0, 0.05) is 28.8 Å². The number of aromatic amines is 1. The topological polar surface area (TPSA) is 91.1 Å². The smallest absolute Gasteiger partial charge is 0.271 e. The van der Waals surface area contributed by atoms with E-state index in [0.717, 1.165) is 33.7 Å². The minimum Gasteiger partial charge on any atom is -0.358 e. The molecule has 4 aromatic rings. The Morgan fingerprint density at radius 1 is 1.03 bits per heavy atom. The third-order valence-corrected chi connectivity index (χ3v) is 7.97. The molecular formula is C23H23N3O3S2. The number of sulfonamides is 1. The summed E-state index contributed by atoms with van der Waals surface area (Å²) in [6.07, 6.45) is 0.225.